The molecular formula is C27H30N2O5S. The summed E-state index contributed by atoms with van der Waals surface area (Å²) < 4.78 is 38.1. The number of nitrogens with zero attached hydrogens (tertiary/aromatic N) is 1. The van der Waals surface area contributed by atoms with Crippen molar-refractivity contribution in [2.45, 2.75) is 38.8 Å². The lowest BCUT2D eigenvalue weighted by molar-refractivity contribution is -0.120. The second kappa shape index (κ2) is 9.62. The first-order chi connectivity index (χ1) is 16.5. The van der Waals surface area contributed by atoms with Crippen LogP contribution in [-0.4, -0.2) is 32.7 Å². The molecule has 8 heteroatoms. The predicted molar refractivity (Wildman–Crippen MR) is 137 cm³/mol. The standard InChI is InChI=1S/C27H30N2O5S/c1-19-10-15-23-24(17-27(2,3)34-25(23)16-19)28-26(30)18-29(35(4,31)32)20-11-13-22(14-12-20)33-21-8-6-5-7-9-21/h5-16,24H,17-18H2,1-4H3,(H,28,30). The van der Waals surface area contributed by atoms with E-state index >= 15 is 0 Å². The third-order valence-corrected chi connectivity index (χ3v) is 6.89. The Morgan fingerprint density at radius 2 is 1.71 bits per heavy atom. The molecule has 1 heterocycles. The first-order valence-corrected chi connectivity index (χ1v) is 13.2. The molecule has 0 aliphatic carbocycles. The lowest BCUT2D eigenvalue weighted by Gasteiger charge is -2.38. The van der Waals surface area contributed by atoms with Gasteiger partial charge in [-0.15, -0.1) is 0 Å². The zero-order chi connectivity index (χ0) is 25.2. The summed E-state index contributed by atoms with van der Waals surface area (Å²) in [6, 6.07) is 21.5. The molecule has 35 heavy (non-hydrogen) atoms. The highest BCUT2D eigenvalue weighted by molar-refractivity contribution is 7.92. The van der Waals surface area contributed by atoms with E-state index in [1.165, 1.54) is 0 Å². The Balaban J connectivity index is 1.50. The number of anilines is 1. The van der Waals surface area contributed by atoms with Gasteiger partial charge in [-0.2, -0.15) is 0 Å². The number of rotatable bonds is 7. The summed E-state index contributed by atoms with van der Waals surface area (Å²) in [5.74, 6) is 1.58. The molecule has 1 aliphatic rings. The predicted octanol–water partition coefficient (Wildman–Crippen LogP) is 4.97. The molecule has 0 fully saturated rings. The zero-order valence-electron chi connectivity index (χ0n) is 20.3. The molecule has 0 aromatic heterocycles. The number of nitrogens with one attached hydrogen (secondary N) is 1. The smallest absolute Gasteiger partial charge is 0.241 e. The van der Waals surface area contributed by atoms with E-state index in [-0.39, 0.29) is 12.6 Å². The van der Waals surface area contributed by atoms with Gasteiger partial charge in [0.1, 0.15) is 29.4 Å². The van der Waals surface area contributed by atoms with Crippen LogP contribution in [0.25, 0.3) is 0 Å². The van der Waals surface area contributed by atoms with E-state index in [1.807, 2.05) is 69.3 Å². The van der Waals surface area contributed by atoms with Gasteiger partial charge in [0.05, 0.1) is 18.0 Å². The van der Waals surface area contributed by atoms with Gasteiger partial charge in [-0.25, -0.2) is 8.42 Å². The first-order valence-electron chi connectivity index (χ1n) is 11.4. The van der Waals surface area contributed by atoms with Gasteiger partial charge in [0.15, 0.2) is 0 Å². The Bertz CT molecular complexity index is 1310. The number of hydrogen-bond acceptors (Lipinski definition) is 5. The lowest BCUT2D eigenvalue weighted by Crippen LogP contribution is -2.45. The highest BCUT2D eigenvalue weighted by Crippen LogP contribution is 2.40. The van der Waals surface area contributed by atoms with Crippen LogP contribution in [0.3, 0.4) is 0 Å². The molecule has 7 nitrogen and oxygen atoms in total. The summed E-state index contributed by atoms with van der Waals surface area (Å²) in [4.78, 5) is 13.1. The maximum absolute atomic E-state index is 13.1. The quantitative estimate of drug-likeness (QED) is 0.501. The zero-order valence-corrected chi connectivity index (χ0v) is 21.1. The molecule has 1 amide bonds. The van der Waals surface area contributed by atoms with Gasteiger partial charge >= 0.3 is 0 Å². The van der Waals surface area contributed by atoms with Crippen LogP contribution in [0, 0.1) is 6.92 Å². The summed E-state index contributed by atoms with van der Waals surface area (Å²) in [6.45, 7) is 5.59. The van der Waals surface area contributed by atoms with Crippen LogP contribution in [0.4, 0.5) is 5.69 Å². The minimum Gasteiger partial charge on any atom is -0.487 e. The highest BCUT2D eigenvalue weighted by Gasteiger charge is 2.35. The monoisotopic (exact) mass is 494 g/mol. The van der Waals surface area contributed by atoms with Crippen molar-refractivity contribution in [2.75, 3.05) is 17.1 Å². The fraction of sp³-hybridized carbons (Fsp3) is 0.296. The van der Waals surface area contributed by atoms with Crippen LogP contribution in [-0.2, 0) is 14.8 Å². The van der Waals surface area contributed by atoms with Gasteiger partial charge in [0.2, 0.25) is 15.9 Å². The molecule has 3 aromatic rings. The number of fused-ring (bicyclic) bond motifs is 1. The van der Waals surface area contributed by atoms with E-state index in [2.05, 4.69) is 5.32 Å². The minimum absolute atomic E-state index is 0.287. The van der Waals surface area contributed by atoms with Crippen LogP contribution >= 0.6 is 0 Å². The topological polar surface area (TPSA) is 84.9 Å². The van der Waals surface area contributed by atoms with E-state index in [4.69, 9.17) is 9.47 Å². The van der Waals surface area contributed by atoms with E-state index in [0.717, 1.165) is 27.4 Å². The average molecular weight is 495 g/mol. The van der Waals surface area contributed by atoms with E-state index in [9.17, 15) is 13.2 Å². The Morgan fingerprint density at radius 3 is 2.37 bits per heavy atom. The molecule has 1 atom stereocenters. The normalized spacial score (nSPS) is 16.5. The number of ether oxygens (including phenoxy) is 2. The summed E-state index contributed by atoms with van der Waals surface area (Å²) in [5.41, 5.74) is 1.86. The van der Waals surface area contributed by atoms with Gasteiger partial charge in [0.25, 0.3) is 0 Å². The van der Waals surface area contributed by atoms with Crippen molar-refractivity contribution in [3.8, 4) is 17.2 Å². The van der Waals surface area contributed by atoms with E-state index in [0.29, 0.717) is 23.6 Å². The first kappa shape index (κ1) is 24.6. The fourth-order valence-corrected chi connectivity index (χ4v) is 5.02. The van der Waals surface area contributed by atoms with Crippen LogP contribution in [0.5, 0.6) is 17.2 Å². The van der Waals surface area contributed by atoms with Crippen molar-refractivity contribution in [1.29, 1.82) is 0 Å². The van der Waals surface area contributed by atoms with Gasteiger partial charge < -0.3 is 14.8 Å². The molecule has 1 N–H and O–H groups in total. The van der Waals surface area contributed by atoms with Crippen molar-refractivity contribution in [1.82, 2.24) is 5.32 Å². The van der Waals surface area contributed by atoms with Crippen molar-refractivity contribution >= 4 is 21.6 Å². The number of aryl methyl sites for hydroxylation is 1. The van der Waals surface area contributed by atoms with E-state index < -0.39 is 21.5 Å². The van der Waals surface area contributed by atoms with Crippen LogP contribution in [0.1, 0.15) is 37.4 Å². The fourth-order valence-electron chi connectivity index (χ4n) is 4.16. The molecule has 0 bridgehead atoms. The second-order valence-electron chi connectivity index (χ2n) is 9.41. The third-order valence-electron chi connectivity index (χ3n) is 5.75. The van der Waals surface area contributed by atoms with Crippen molar-refractivity contribution in [3.63, 3.8) is 0 Å². The number of benzene rings is 3. The number of para-hydroxylation sites is 1. The van der Waals surface area contributed by atoms with Crippen molar-refractivity contribution < 1.29 is 22.7 Å². The maximum atomic E-state index is 13.1. The molecule has 0 saturated carbocycles. The van der Waals surface area contributed by atoms with Gasteiger partial charge in [0, 0.05) is 12.0 Å². The molecular weight excluding hydrogens is 464 g/mol. The van der Waals surface area contributed by atoms with Gasteiger partial charge in [-0.3, -0.25) is 9.10 Å². The van der Waals surface area contributed by atoms with Crippen LogP contribution in [0.15, 0.2) is 72.8 Å². The molecule has 0 radical (unpaired) electrons. The summed E-state index contributed by atoms with van der Waals surface area (Å²) in [6.07, 6.45) is 1.66. The number of hydrogen-bond donors (Lipinski definition) is 1. The molecule has 0 saturated heterocycles. The number of carbonyl (C=O) groups excluding carboxylic acids is 1. The van der Waals surface area contributed by atoms with E-state index in [1.54, 1.807) is 24.3 Å². The Hall–Kier alpha value is -3.52. The lowest BCUT2D eigenvalue weighted by atomic mass is 9.89. The number of sulfonamides is 1. The third kappa shape index (κ3) is 6.14. The Labute approximate surface area is 206 Å². The molecule has 1 aliphatic heterocycles. The van der Waals surface area contributed by atoms with Gasteiger partial charge in [-0.1, -0.05) is 30.3 Å². The number of carbonyl (C=O) groups is 1. The molecule has 3 aromatic carbocycles. The second-order valence-corrected chi connectivity index (χ2v) is 11.3. The Morgan fingerprint density at radius 1 is 1.06 bits per heavy atom. The minimum atomic E-state index is -3.71. The summed E-state index contributed by atoms with van der Waals surface area (Å²) in [7, 11) is -3.71. The molecule has 0 spiro atoms. The molecule has 1 unspecified atom stereocenters. The van der Waals surface area contributed by atoms with Crippen LogP contribution in [0.2, 0.25) is 0 Å². The highest BCUT2D eigenvalue weighted by atomic mass is 32.2. The largest absolute Gasteiger partial charge is 0.487 e. The summed E-state index contributed by atoms with van der Waals surface area (Å²) >= 11 is 0. The molecule has 4 rings (SSSR count). The summed E-state index contributed by atoms with van der Waals surface area (Å²) in [5, 5.41) is 3.02. The SMILES string of the molecule is Cc1ccc2c(c1)OC(C)(C)CC2NC(=O)CN(c1ccc(Oc2ccccc2)cc1)S(C)(=O)=O. The Kier molecular flexibility index (Phi) is 6.76. The van der Waals surface area contributed by atoms with Gasteiger partial charge in [-0.05, 0) is 68.8 Å². The average Bonchev–Trinajstić information content (AvgIpc) is 2.77. The van der Waals surface area contributed by atoms with Crippen molar-refractivity contribution in [2.24, 2.45) is 0 Å². The number of amides is 1. The maximum Gasteiger partial charge on any atom is 0.241 e. The van der Waals surface area contributed by atoms with Crippen molar-refractivity contribution in [3.05, 3.63) is 83.9 Å². The van der Waals surface area contributed by atoms with Crippen LogP contribution < -0.4 is 19.1 Å². The molecule has 184 valence electrons.